The van der Waals surface area contributed by atoms with Crippen molar-refractivity contribution in [1.82, 2.24) is 14.5 Å². The van der Waals surface area contributed by atoms with Gasteiger partial charge < -0.3 is 19.0 Å². The van der Waals surface area contributed by atoms with E-state index in [4.69, 9.17) is 30.6 Å². The third kappa shape index (κ3) is 5.04. The lowest BCUT2D eigenvalue weighted by Gasteiger charge is -2.32. The van der Waals surface area contributed by atoms with E-state index in [9.17, 15) is 4.79 Å². The number of pyridine rings is 1. The molecule has 1 saturated heterocycles. The van der Waals surface area contributed by atoms with E-state index < -0.39 is 26.4 Å². The van der Waals surface area contributed by atoms with Gasteiger partial charge in [-0.05, 0) is 39.2 Å². The number of aromatic nitrogens is 3. The molecule has 1 fully saturated rings. The fourth-order valence-electron chi connectivity index (χ4n) is 3.69. The molecule has 3 aromatic rings. The summed E-state index contributed by atoms with van der Waals surface area (Å²) in [6.07, 6.45) is 0. The predicted molar refractivity (Wildman–Crippen MR) is 141 cm³/mol. The lowest BCUT2D eigenvalue weighted by atomic mass is 9.79. The molecule has 183 valence electrons. The van der Waals surface area contributed by atoms with Crippen LogP contribution in [0, 0.1) is 0 Å². The maximum atomic E-state index is 12.5. The van der Waals surface area contributed by atoms with Crippen LogP contribution >= 0.6 is 11.6 Å². The Hall–Kier alpha value is -1.91. The van der Waals surface area contributed by atoms with E-state index in [2.05, 4.69) is 24.6 Å². The van der Waals surface area contributed by atoms with E-state index in [-0.39, 0.29) is 12.4 Å². The molecule has 0 radical (unpaired) electrons. The van der Waals surface area contributed by atoms with E-state index >= 15 is 0 Å². The zero-order valence-electron chi connectivity index (χ0n) is 21.0. The molecule has 0 bridgehead atoms. The fraction of sp³-hybridized carbons (Fsp3) is 0.500. The number of aromatic amines is 1. The molecular weight excluding hydrogens is 469 g/mol. The van der Waals surface area contributed by atoms with Crippen LogP contribution in [0.15, 0.2) is 35.1 Å². The Morgan fingerprint density at radius 2 is 1.74 bits per heavy atom. The first-order chi connectivity index (χ1) is 15.8. The number of nitrogens with zero attached hydrogens (tertiary/aromatic N) is 2. The molecule has 10 heteroatoms. The highest BCUT2D eigenvalue weighted by atomic mass is 35.5. The molecule has 2 aromatic heterocycles. The van der Waals surface area contributed by atoms with Crippen molar-refractivity contribution >= 4 is 43.4 Å². The van der Waals surface area contributed by atoms with Crippen molar-refractivity contribution in [3.05, 3.63) is 45.8 Å². The molecule has 1 aromatic carbocycles. The molecule has 1 N–H and O–H groups in total. The second-order valence-electron chi connectivity index (χ2n) is 11.1. The third-order valence-electron chi connectivity index (χ3n) is 6.62. The molecule has 0 amide bonds. The van der Waals surface area contributed by atoms with Crippen LogP contribution in [-0.2, 0) is 20.8 Å². The molecule has 34 heavy (non-hydrogen) atoms. The Morgan fingerprint density at radius 3 is 2.32 bits per heavy atom. The van der Waals surface area contributed by atoms with Gasteiger partial charge in [0, 0.05) is 12.2 Å². The number of hydrogen-bond acceptors (Lipinski definition) is 5. The number of nitrogens with one attached hydrogen (secondary N) is 1. The Kier molecular flexibility index (Phi) is 6.63. The standard InChI is InChI=1S/C24H33BClN3O4Si/c1-23(2)24(3,4)33-25(32-23)17-10-8-16(9-11-17)20-18(26)14-19-21(28-20)29(22(30)27-19)15-31-12-13-34(5,6)7/h8-11,14H,12-13,15H2,1-7H3,(H,27,30)/q-1. The SMILES string of the molecule is CC1(C)OB(c2ccc(-c3nc4c(cc3Cl)[nH]c(=O)n4COCC[Si-](C)(C)C)cc2)OC1(C)C. The van der Waals surface area contributed by atoms with Gasteiger partial charge >= 0.3 is 12.8 Å². The summed E-state index contributed by atoms with van der Waals surface area (Å²) in [7, 11) is -1.65. The normalized spacial score (nSPS) is 17.6. The van der Waals surface area contributed by atoms with Gasteiger partial charge in [-0.1, -0.05) is 35.9 Å². The first kappa shape index (κ1) is 25.2. The molecule has 0 saturated carbocycles. The molecule has 0 aliphatic carbocycles. The Morgan fingerprint density at radius 1 is 1.12 bits per heavy atom. The zero-order valence-corrected chi connectivity index (χ0v) is 22.7. The van der Waals surface area contributed by atoms with Crippen LogP contribution in [0.1, 0.15) is 27.7 Å². The molecule has 0 spiro atoms. The second-order valence-corrected chi connectivity index (χ2v) is 17.1. The quantitative estimate of drug-likeness (QED) is 0.376. The van der Waals surface area contributed by atoms with Crippen LogP contribution < -0.4 is 11.2 Å². The highest BCUT2D eigenvalue weighted by molar-refractivity contribution is 6.76. The highest BCUT2D eigenvalue weighted by Crippen LogP contribution is 2.36. The predicted octanol–water partition coefficient (Wildman–Crippen LogP) is 4.66. The molecular formula is C24H33BClN3O4Si-. The topological polar surface area (TPSA) is 78.4 Å². The number of imidazole rings is 1. The van der Waals surface area contributed by atoms with Gasteiger partial charge in [0.15, 0.2) is 5.65 Å². The lowest BCUT2D eigenvalue weighted by molar-refractivity contribution is 0.00578. The van der Waals surface area contributed by atoms with Gasteiger partial charge in [0.2, 0.25) is 0 Å². The molecule has 0 atom stereocenters. The number of hydrogen-bond donors (Lipinski definition) is 1. The smallest absolute Gasteiger partial charge is 0.399 e. The van der Waals surface area contributed by atoms with Gasteiger partial charge in [0.25, 0.3) is 0 Å². The first-order valence-corrected chi connectivity index (χ1v) is 15.7. The number of rotatable bonds is 7. The van der Waals surface area contributed by atoms with Crippen molar-refractivity contribution in [2.24, 2.45) is 0 Å². The van der Waals surface area contributed by atoms with E-state index in [0.717, 1.165) is 17.1 Å². The second kappa shape index (κ2) is 8.95. The maximum Gasteiger partial charge on any atom is 0.494 e. The van der Waals surface area contributed by atoms with Crippen molar-refractivity contribution in [2.45, 2.75) is 71.3 Å². The van der Waals surface area contributed by atoms with Gasteiger partial charge in [-0.25, -0.2) is 9.78 Å². The minimum absolute atomic E-state index is 0.151. The first-order valence-electron chi connectivity index (χ1n) is 11.6. The molecule has 0 unspecified atom stereocenters. The largest absolute Gasteiger partial charge is 0.494 e. The van der Waals surface area contributed by atoms with Gasteiger partial charge in [0.1, 0.15) is 6.73 Å². The number of halogens is 1. The van der Waals surface area contributed by atoms with Crippen LogP contribution in [0.4, 0.5) is 0 Å². The summed E-state index contributed by atoms with van der Waals surface area (Å²) in [6, 6.07) is 10.6. The van der Waals surface area contributed by atoms with Gasteiger partial charge in [-0.2, -0.15) is 19.6 Å². The van der Waals surface area contributed by atoms with Gasteiger partial charge in [-0.15, -0.1) is 14.1 Å². The molecule has 7 nitrogen and oxygen atoms in total. The minimum atomic E-state index is -1.21. The van der Waals surface area contributed by atoms with Crippen LogP contribution in [0.3, 0.4) is 0 Å². The van der Waals surface area contributed by atoms with Crippen molar-refractivity contribution in [3.63, 3.8) is 0 Å². The van der Waals surface area contributed by atoms with E-state index in [1.807, 2.05) is 52.0 Å². The summed E-state index contributed by atoms with van der Waals surface area (Å²) in [5.74, 6) is 0. The number of benzene rings is 1. The average molecular weight is 502 g/mol. The summed E-state index contributed by atoms with van der Waals surface area (Å²) < 4.78 is 19.6. The van der Waals surface area contributed by atoms with E-state index in [0.29, 0.717) is 28.5 Å². The molecule has 1 aliphatic rings. The monoisotopic (exact) mass is 501 g/mol. The van der Waals surface area contributed by atoms with Crippen molar-refractivity contribution in [3.8, 4) is 11.3 Å². The average Bonchev–Trinajstić information content (AvgIpc) is 3.14. The van der Waals surface area contributed by atoms with E-state index in [1.165, 1.54) is 4.57 Å². The van der Waals surface area contributed by atoms with Crippen LogP contribution in [-0.4, -0.2) is 47.5 Å². The summed E-state index contributed by atoms with van der Waals surface area (Å²) in [5.41, 5.74) is 2.40. The van der Waals surface area contributed by atoms with Crippen molar-refractivity contribution < 1.29 is 14.0 Å². The van der Waals surface area contributed by atoms with Crippen LogP contribution in [0.2, 0.25) is 30.7 Å². The fourth-order valence-corrected chi connectivity index (χ4v) is 4.71. The van der Waals surface area contributed by atoms with Crippen LogP contribution in [0.25, 0.3) is 22.4 Å². The molecule has 3 heterocycles. The highest BCUT2D eigenvalue weighted by Gasteiger charge is 2.51. The Labute approximate surface area is 206 Å². The number of ether oxygens (including phenoxy) is 1. The third-order valence-corrected chi connectivity index (χ3v) is 8.62. The number of H-pyrrole nitrogens is 1. The molecule has 4 rings (SSSR count). The number of fused-ring (bicyclic) bond motifs is 1. The summed E-state index contributed by atoms with van der Waals surface area (Å²) in [4.78, 5) is 20.1. The lowest BCUT2D eigenvalue weighted by Crippen LogP contribution is -2.41. The van der Waals surface area contributed by atoms with Crippen molar-refractivity contribution in [2.75, 3.05) is 6.61 Å². The summed E-state index contributed by atoms with van der Waals surface area (Å²) in [6.45, 7) is 15.8. The summed E-state index contributed by atoms with van der Waals surface area (Å²) >= 11 is 6.55. The Balaban J connectivity index is 1.58. The van der Waals surface area contributed by atoms with Gasteiger partial charge in [-0.3, -0.25) is 4.57 Å². The van der Waals surface area contributed by atoms with Gasteiger partial charge in [0.05, 0.1) is 27.4 Å². The molecule has 1 aliphatic heterocycles. The Bertz CT molecular complexity index is 1230. The van der Waals surface area contributed by atoms with Crippen molar-refractivity contribution in [1.29, 1.82) is 0 Å². The summed E-state index contributed by atoms with van der Waals surface area (Å²) in [5, 5.41) is 0.462. The zero-order chi connectivity index (χ0) is 24.9. The minimum Gasteiger partial charge on any atom is -0.399 e. The van der Waals surface area contributed by atoms with Crippen LogP contribution in [0.5, 0.6) is 0 Å². The maximum absolute atomic E-state index is 12.5. The van der Waals surface area contributed by atoms with E-state index in [1.54, 1.807) is 6.07 Å².